The fourth-order valence-corrected chi connectivity index (χ4v) is 2.02. The van der Waals surface area contributed by atoms with E-state index in [-0.39, 0.29) is 12.4 Å². The molecule has 0 unspecified atom stereocenters. The molecule has 0 atom stereocenters. The van der Waals surface area contributed by atoms with Crippen LogP contribution >= 0.6 is 12.4 Å². The first-order valence-electron chi connectivity index (χ1n) is 6.23. The van der Waals surface area contributed by atoms with Gasteiger partial charge in [0.05, 0.1) is 6.20 Å². The summed E-state index contributed by atoms with van der Waals surface area (Å²) >= 11 is 0. The first-order chi connectivity index (χ1) is 8.33. The maximum absolute atomic E-state index is 5.60. The number of hydrogen-bond donors (Lipinski definition) is 1. The second kappa shape index (κ2) is 5.71. The van der Waals surface area contributed by atoms with Crippen LogP contribution in [0.2, 0.25) is 0 Å². The van der Waals surface area contributed by atoms with Crippen molar-refractivity contribution >= 4 is 18.2 Å². The molecule has 0 radical (unpaired) electrons. The third-order valence-corrected chi connectivity index (χ3v) is 3.23. The molecule has 3 rings (SSSR count). The summed E-state index contributed by atoms with van der Waals surface area (Å²) < 4.78 is 5.60. The molecule has 0 spiro atoms. The van der Waals surface area contributed by atoms with Crippen LogP contribution in [0.1, 0.15) is 18.5 Å². The van der Waals surface area contributed by atoms with Crippen molar-refractivity contribution in [3.63, 3.8) is 0 Å². The van der Waals surface area contributed by atoms with Crippen molar-refractivity contribution in [1.82, 2.24) is 15.3 Å². The van der Waals surface area contributed by atoms with E-state index in [1.807, 2.05) is 6.20 Å². The Hall–Kier alpha value is -1.07. The van der Waals surface area contributed by atoms with Gasteiger partial charge < -0.3 is 15.0 Å². The Morgan fingerprint density at radius 3 is 3.11 bits per heavy atom. The Bertz CT molecular complexity index is 411. The van der Waals surface area contributed by atoms with Gasteiger partial charge >= 0.3 is 0 Å². The number of nitrogens with zero attached hydrogens (tertiary/aromatic N) is 3. The molecule has 1 N–H and O–H groups in total. The predicted octanol–water partition coefficient (Wildman–Crippen LogP) is 1.23. The van der Waals surface area contributed by atoms with Crippen molar-refractivity contribution in [2.24, 2.45) is 5.92 Å². The third-order valence-electron chi connectivity index (χ3n) is 3.23. The molecule has 0 bridgehead atoms. The fraction of sp³-hybridized carbons (Fsp3) is 0.667. The van der Waals surface area contributed by atoms with Crippen LogP contribution in [0, 0.1) is 5.92 Å². The van der Waals surface area contributed by atoms with E-state index in [4.69, 9.17) is 4.74 Å². The number of halogens is 1. The highest BCUT2D eigenvalue weighted by molar-refractivity contribution is 5.85. The summed E-state index contributed by atoms with van der Waals surface area (Å²) in [6, 6.07) is 0. The van der Waals surface area contributed by atoms with Gasteiger partial charge in [-0.3, -0.25) is 4.98 Å². The Morgan fingerprint density at radius 2 is 2.33 bits per heavy atom. The first-order valence-corrected chi connectivity index (χ1v) is 6.23. The zero-order valence-electron chi connectivity index (χ0n) is 10.6. The number of aromatic nitrogens is 2. The van der Waals surface area contributed by atoms with Gasteiger partial charge in [-0.2, -0.15) is 4.98 Å². The fourth-order valence-electron chi connectivity index (χ4n) is 2.02. The Morgan fingerprint density at radius 1 is 1.50 bits per heavy atom. The van der Waals surface area contributed by atoms with Crippen molar-refractivity contribution < 1.29 is 4.74 Å². The molecule has 1 fully saturated rings. The average molecular weight is 271 g/mol. The molecule has 1 saturated carbocycles. The molecule has 1 aliphatic heterocycles. The minimum absolute atomic E-state index is 0. The van der Waals surface area contributed by atoms with Gasteiger partial charge in [0.25, 0.3) is 0 Å². The van der Waals surface area contributed by atoms with Crippen LogP contribution in [0.5, 0.6) is 5.88 Å². The Labute approximate surface area is 113 Å². The lowest BCUT2D eigenvalue weighted by atomic mass is 10.3. The summed E-state index contributed by atoms with van der Waals surface area (Å²) in [6.45, 7) is 3.34. The van der Waals surface area contributed by atoms with Gasteiger partial charge in [0.1, 0.15) is 12.3 Å². The molecule has 0 aromatic carbocycles. The van der Waals surface area contributed by atoms with Crippen molar-refractivity contribution in [1.29, 1.82) is 0 Å². The third kappa shape index (κ3) is 3.03. The average Bonchev–Trinajstić information content (AvgIpc) is 3.14. The molecule has 1 aliphatic carbocycles. The normalized spacial score (nSPS) is 18.1. The van der Waals surface area contributed by atoms with Crippen LogP contribution in [0.25, 0.3) is 0 Å². The molecule has 18 heavy (non-hydrogen) atoms. The number of rotatable bonds is 3. The zero-order chi connectivity index (χ0) is 11.7. The van der Waals surface area contributed by atoms with Crippen LogP contribution in [0.4, 0.5) is 5.82 Å². The standard InChI is InChI=1S/C12H18N4O.ClH/c1-16(8-9-2-3-9)11-7-14-10-6-13-4-5-17-12(10)15-11;/h7,9,13H,2-6,8H2,1H3;1H. The van der Waals surface area contributed by atoms with Crippen LogP contribution in [-0.2, 0) is 6.54 Å². The molecule has 6 heteroatoms. The monoisotopic (exact) mass is 270 g/mol. The first kappa shape index (κ1) is 13.4. The highest BCUT2D eigenvalue weighted by Gasteiger charge is 2.24. The quantitative estimate of drug-likeness (QED) is 0.895. The highest BCUT2D eigenvalue weighted by Crippen LogP contribution is 2.30. The maximum atomic E-state index is 5.60. The molecule has 5 nitrogen and oxygen atoms in total. The van der Waals surface area contributed by atoms with E-state index in [1.165, 1.54) is 12.8 Å². The van der Waals surface area contributed by atoms with Gasteiger partial charge in [0.15, 0.2) is 5.82 Å². The van der Waals surface area contributed by atoms with Gasteiger partial charge in [-0.05, 0) is 18.8 Å². The minimum Gasteiger partial charge on any atom is -0.475 e. The lowest BCUT2D eigenvalue weighted by Gasteiger charge is -2.18. The topological polar surface area (TPSA) is 50.3 Å². The molecule has 0 amide bonds. The van der Waals surface area contributed by atoms with Gasteiger partial charge in [0, 0.05) is 26.7 Å². The summed E-state index contributed by atoms with van der Waals surface area (Å²) in [4.78, 5) is 11.2. The second-order valence-corrected chi connectivity index (χ2v) is 4.83. The van der Waals surface area contributed by atoms with Crippen molar-refractivity contribution in [3.8, 4) is 5.88 Å². The molecule has 1 aromatic rings. The SMILES string of the molecule is CN(CC1CC1)c1cnc2c(n1)OCCNC2.Cl. The van der Waals surface area contributed by atoms with E-state index >= 15 is 0 Å². The summed E-state index contributed by atoms with van der Waals surface area (Å²) in [7, 11) is 2.07. The molecule has 2 aliphatic rings. The highest BCUT2D eigenvalue weighted by atomic mass is 35.5. The van der Waals surface area contributed by atoms with Crippen molar-refractivity contribution in [2.45, 2.75) is 19.4 Å². The predicted molar refractivity (Wildman–Crippen MR) is 72.5 cm³/mol. The number of ether oxygens (including phenoxy) is 1. The van der Waals surface area contributed by atoms with E-state index < -0.39 is 0 Å². The summed E-state index contributed by atoms with van der Waals surface area (Å²) in [5.41, 5.74) is 0.908. The van der Waals surface area contributed by atoms with Crippen LogP contribution < -0.4 is 15.0 Å². The van der Waals surface area contributed by atoms with E-state index in [0.717, 1.165) is 37.1 Å². The molecule has 2 heterocycles. The van der Waals surface area contributed by atoms with E-state index in [2.05, 4.69) is 27.2 Å². The largest absolute Gasteiger partial charge is 0.475 e. The summed E-state index contributed by atoms with van der Waals surface area (Å²) in [5.74, 6) is 2.45. The Kier molecular flexibility index (Phi) is 4.24. The number of hydrogen-bond acceptors (Lipinski definition) is 5. The second-order valence-electron chi connectivity index (χ2n) is 4.83. The van der Waals surface area contributed by atoms with Crippen LogP contribution in [0.15, 0.2) is 6.20 Å². The Balaban J connectivity index is 0.00000120. The molecule has 100 valence electrons. The molecule has 1 aromatic heterocycles. The molecule has 0 saturated heterocycles. The number of fused-ring (bicyclic) bond motifs is 1. The summed E-state index contributed by atoms with van der Waals surface area (Å²) in [5, 5.41) is 3.25. The van der Waals surface area contributed by atoms with Gasteiger partial charge in [-0.1, -0.05) is 0 Å². The lowest BCUT2D eigenvalue weighted by Crippen LogP contribution is -2.21. The van der Waals surface area contributed by atoms with Gasteiger partial charge in [-0.25, -0.2) is 0 Å². The molecular weight excluding hydrogens is 252 g/mol. The van der Waals surface area contributed by atoms with Crippen molar-refractivity contribution in [2.75, 3.05) is 31.6 Å². The maximum Gasteiger partial charge on any atom is 0.239 e. The van der Waals surface area contributed by atoms with Crippen molar-refractivity contribution in [3.05, 3.63) is 11.9 Å². The van der Waals surface area contributed by atoms with Crippen LogP contribution in [0.3, 0.4) is 0 Å². The number of anilines is 1. The summed E-state index contributed by atoms with van der Waals surface area (Å²) in [6.07, 6.45) is 4.55. The zero-order valence-corrected chi connectivity index (χ0v) is 11.4. The molecular formula is C12H19ClN4O. The van der Waals surface area contributed by atoms with E-state index in [9.17, 15) is 0 Å². The lowest BCUT2D eigenvalue weighted by molar-refractivity contribution is 0.313. The van der Waals surface area contributed by atoms with E-state index in [1.54, 1.807) is 0 Å². The van der Waals surface area contributed by atoms with Crippen LogP contribution in [-0.4, -0.2) is 36.7 Å². The smallest absolute Gasteiger partial charge is 0.239 e. The minimum atomic E-state index is 0. The van der Waals surface area contributed by atoms with Gasteiger partial charge in [-0.15, -0.1) is 12.4 Å². The van der Waals surface area contributed by atoms with E-state index in [0.29, 0.717) is 12.5 Å². The van der Waals surface area contributed by atoms with Gasteiger partial charge in [0.2, 0.25) is 5.88 Å². The number of nitrogens with one attached hydrogen (secondary N) is 1.